The molecule has 0 saturated carbocycles. The third kappa shape index (κ3) is 5.80. The van der Waals surface area contributed by atoms with Crippen molar-refractivity contribution in [2.75, 3.05) is 17.7 Å². The van der Waals surface area contributed by atoms with Crippen molar-refractivity contribution in [2.45, 2.75) is 19.0 Å². The number of anilines is 2. The van der Waals surface area contributed by atoms with Crippen LogP contribution in [0.4, 0.5) is 11.6 Å². The number of hydrogen-bond acceptors (Lipinski definition) is 10. The van der Waals surface area contributed by atoms with E-state index in [1.807, 2.05) is 0 Å². The zero-order chi connectivity index (χ0) is 24.8. The van der Waals surface area contributed by atoms with Crippen LogP contribution in [0.25, 0.3) is 11.2 Å². The second kappa shape index (κ2) is 10.4. The van der Waals surface area contributed by atoms with Gasteiger partial charge in [0.1, 0.15) is 6.04 Å². The third-order valence-corrected chi connectivity index (χ3v) is 4.80. The molecule has 8 N–H and O–H groups in total. The van der Waals surface area contributed by atoms with Gasteiger partial charge in [-0.1, -0.05) is 0 Å². The highest BCUT2D eigenvalue weighted by molar-refractivity contribution is 5.97. The molecule has 0 radical (unpaired) electrons. The number of aromatic amines is 1. The van der Waals surface area contributed by atoms with E-state index in [2.05, 4.69) is 30.6 Å². The first-order valence-corrected chi connectivity index (χ1v) is 9.90. The Morgan fingerprint density at radius 2 is 1.79 bits per heavy atom. The molecule has 178 valence electrons. The van der Waals surface area contributed by atoms with Crippen LogP contribution in [0.3, 0.4) is 0 Å². The number of aliphatic hydroxyl groups excluding tert-OH is 1. The van der Waals surface area contributed by atoms with Gasteiger partial charge in [-0.05, 0) is 30.7 Å². The van der Waals surface area contributed by atoms with Crippen LogP contribution in [-0.4, -0.2) is 65.8 Å². The second-order valence-electron chi connectivity index (χ2n) is 7.23. The fourth-order valence-corrected chi connectivity index (χ4v) is 2.99. The predicted octanol–water partition coefficient (Wildman–Crippen LogP) is -0.826. The Labute approximate surface area is 190 Å². The van der Waals surface area contributed by atoms with E-state index in [-0.39, 0.29) is 29.2 Å². The molecule has 1 aromatic carbocycles. The van der Waals surface area contributed by atoms with Gasteiger partial charge in [0.05, 0.1) is 31.0 Å². The van der Waals surface area contributed by atoms with Crippen molar-refractivity contribution in [1.82, 2.24) is 25.3 Å². The fourth-order valence-electron chi connectivity index (χ4n) is 2.99. The Morgan fingerprint density at radius 3 is 2.41 bits per heavy atom. The van der Waals surface area contributed by atoms with E-state index in [1.54, 1.807) is 12.1 Å². The minimum Gasteiger partial charge on any atom is -0.481 e. The first kappa shape index (κ1) is 24.1. The number of hydrogen-bond donors (Lipinski definition) is 7. The number of rotatable bonds is 10. The molecular formula is C20H21N7O7. The lowest BCUT2D eigenvalue weighted by Crippen LogP contribution is -2.43. The molecule has 2 atom stereocenters. The molecule has 3 aromatic rings. The Bertz CT molecular complexity index is 1280. The molecule has 14 heteroatoms. The normalized spacial score (nSPS) is 12.6. The lowest BCUT2D eigenvalue weighted by molar-refractivity contribution is -0.145. The summed E-state index contributed by atoms with van der Waals surface area (Å²) in [4.78, 5) is 61.3. The van der Waals surface area contributed by atoms with E-state index in [9.17, 15) is 24.3 Å². The summed E-state index contributed by atoms with van der Waals surface area (Å²) in [6.07, 6.45) is 0.968. The molecule has 3 rings (SSSR count). The van der Waals surface area contributed by atoms with Crippen LogP contribution in [-0.2, 0) is 16.1 Å². The zero-order valence-corrected chi connectivity index (χ0v) is 17.6. The number of aromatic nitrogens is 4. The van der Waals surface area contributed by atoms with Gasteiger partial charge in [0.2, 0.25) is 5.95 Å². The number of aliphatic hydroxyl groups is 1. The molecular weight excluding hydrogens is 450 g/mol. The number of amides is 1. The molecule has 1 amide bonds. The summed E-state index contributed by atoms with van der Waals surface area (Å²) in [6, 6.07) is 4.55. The predicted molar refractivity (Wildman–Crippen MR) is 118 cm³/mol. The fraction of sp³-hybridized carbons (Fsp3) is 0.250. The van der Waals surface area contributed by atoms with Crippen molar-refractivity contribution in [3.05, 3.63) is 52.1 Å². The molecule has 0 saturated heterocycles. The first-order valence-electron chi connectivity index (χ1n) is 9.90. The largest absolute Gasteiger partial charge is 0.481 e. The maximum atomic E-state index is 12.4. The average molecular weight is 471 g/mol. The number of aliphatic carboxylic acids is 2. The highest BCUT2D eigenvalue weighted by Crippen LogP contribution is 2.13. The van der Waals surface area contributed by atoms with Crippen molar-refractivity contribution in [2.24, 2.45) is 5.92 Å². The summed E-state index contributed by atoms with van der Waals surface area (Å²) in [5.41, 5.74) is 6.32. The molecule has 0 aliphatic carbocycles. The van der Waals surface area contributed by atoms with Gasteiger partial charge in [-0.3, -0.25) is 19.4 Å². The maximum Gasteiger partial charge on any atom is 0.326 e. The van der Waals surface area contributed by atoms with Gasteiger partial charge in [0.15, 0.2) is 11.2 Å². The summed E-state index contributed by atoms with van der Waals surface area (Å²) in [5.74, 6) is -4.88. The average Bonchev–Trinajstić information content (AvgIpc) is 2.80. The number of carboxylic acid groups (broad SMARTS) is 2. The van der Waals surface area contributed by atoms with Crippen LogP contribution < -0.4 is 21.9 Å². The van der Waals surface area contributed by atoms with Gasteiger partial charge in [-0.25, -0.2) is 14.8 Å². The Hall–Kier alpha value is -4.59. The van der Waals surface area contributed by atoms with Crippen molar-refractivity contribution in [3.63, 3.8) is 0 Å². The third-order valence-electron chi connectivity index (χ3n) is 4.80. The van der Waals surface area contributed by atoms with E-state index in [0.717, 1.165) is 0 Å². The van der Waals surface area contributed by atoms with Crippen LogP contribution in [0.5, 0.6) is 0 Å². The van der Waals surface area contributed by atoms with Gasteiger partial charge < -0.3 is 31.7 Å². The molecule has 0 bridgehead atoms. The molecule has 0 aliphatic rings. The molecule has 1 unspecified atom stereocenters. The Balaban J connectivity index is 1.63. The number of nitrogens with one attached hydrogen (secondary N) is 3. The number of nitrogens with zero attached hydrogens (tertiary/aromatic N) is 3. The number of H-pyrrole nitrogens is 1. The number of fused-ring (bicyclic) bond motifs is 1. The van der Waals surface area contributed by atoms with Crippen molar-refractivity contribution >= 4 is 40.6 Å². The first-order chi connectivity index (χ1) is 16.2. The molecule has 0 fully saturated rings. The number of nitrogens with two attached hydrogens (primary N) is 1. The molecule has 0 spiro atoms. The second-order valence-corrected chi connectivity index (χ2v) is 7.23. The monoisotopic (exact) mass is 471 g/mol. The van der Waals surface area contributed by atoms with Gasteiger partial charge in [-0.2, -0.15) is 4.98 Å². The van der Waals surface area contributed by atoms with Crippen LogP contribution in [0.2, 0.25) is 0 Å². The summed E-state index contributed by atoms with van der Waals surface area (Å²) in [5, 5.41) is 32.7. The molecule has 2 aromatic heterocycles. The summed E-state index contributed by atoms with van der Waals surface area (Å²) in [6.45, 7) is -0.549. The number of carbonyl (C=O) groups is 3. The van der Waals surface area contributed by atoms with E-state index in [4.69, 9.17) is 15.9 Å². The maximum absolute atomic E-state index is 12.4. The van der Waals surface area contributed by atoms with E-state index >= 15 is 0 Å². The minimum atomic E-state index is -1.49. The van der Waals surface area contributed by atoms with E-state index < -0.39 is 48.4 Å². The molecule has 0 aliphatic heterocycles. The van der Waals surface area contributed by atoms with Gasteiger partial charge in [0.25, 0.3) is 11.5 Å². The summed E-state index contributed by atoms with van der Waals surface area (Å²) >= 11 is 0. The molecule has 2 heterocycles. The quantitative estimate of drug-likeness (QED) is 0.192. The number of nitrogen functional groups attached to an aromatic ring is 1. The van der Waals surface area contributed by atoms with Gasteiger partial charge in [-0.15, -0.1) is 0 Å². The van der Waals surface area contributed by atoms with Gasteiger partial charge >= 0.3 is 11.9 Å². The summed E-state index contributed by atoms with van der Waals surface area (Å²) in [7, 11) is 0. The lowest BCUT2D eigenvalue weighted by atomic mass is 10.0. The van der Waals surface area contributed by atoms with E-state index in [0.29, 0.717) is 11.4 Å². The molecule has 14 nitrogen and oxygen atoms in total. The minimum absolute atomic E-state index is 0.0415. The highest BCUT2D eigenvalue weighted by Gasteiger charge is 2.28. The summed E-state index contributed by atoms with van der Waals surface area (Å²) < 4.78 is 0. The van der Waals surface area contributed by atoms with Crippen LogP contribution in [0, 0.1) is 5.92 Å². The van der Waals surface area contributed by atoms with E-state index in [1.165, 1.54) is 18.3 Å². The molecule has 34 heavy (non-hydrogen) atoms. The Kier molecular flexibility index (Phi) is 7.33. The standard InChI is InChI=1S/C20H21N7O7/c21-20-26-15-14(17(30)27-20)24-12(7-23-15)6-22-11-3-1-9(2-4-11)16(29)25-13(19(33)34)5-10(8-28)18(31)32/h1-4,7,10,13,22,28H,5-6,8H2,(H,25,29)(H,31,32)(H,33,34)(H3,21,23,26,27,30)/t10?,13-/m0/s1. The number of benzene rings is 1. The van der Waals surface area contributed by atoms with Gasteiger partial charge in [0, 0.05) is 11.3 Å². The topological polar surface area (TPSA) is 234 Å². The highest BCUT2D eigenvalue weighted by atomic mass is 16.4. The number of carbonyl (C=O) groups excluding carboxylic acids is 1. The van der Waals surface area contributed by atoms with Crippen molar-refractivity contribution in [1.29, 1.82) is 0 Å². The van der Waals surface area contributed by atoms with Crippen LogP contribution >= 0.6 is 0 Å². The SMILES string of the molecule is Nc1nc2ncc(CNc3ccc(C(=O)N[C@@H](CC(CO)C(=O)O)C(=O)O)cc3)nc2c(=O)[nH]1. The lowest BCUT2D eigenvalue weighted by Gasteiger charge is -2.18. The smallest absolute Gasteiger partial charge is 0.326 e. The van der Waals surface area contributed by atoms with Crippen LogP contribution in [0.1, 0.15) is 22.5 Å². The number of carboxylic acids is 2. The van der Waals surface area contributed by atoms with Crippen LogP contribution in [0.15, 0.2) is 35.3 Å². The Morgan fingerprint density at radius 1 is 1.09 bits per heavy atom. The van der Waals surface area contributed by atoms with Crippen molar-refractivity contribution < 1.29 is 29.7 Å². The zero-order valence-electron chi connectivity index (χ0n) is 17.6. The van der Waals surface area contributed by atoms with Crippen molar-refractivity contribution in [3.8, 4) is 0 Å².